The summed E-state index contributed by atoms with van der Waals surface area (Å²) in [5, 5.41) is 0. The smallest absolute Gasteiger partial charge is 0.00673 e. The Bertz CT molecular complexity index is 124. The van der Waals surface area contributed by atoms with Crippen molar-refractivity contribution in [3.63, 3.8) is 0 Å². The van der Waals surface area contributed by atoms with Gasteiger partial charge in [0.25, 0.3) is 0 Å². The highest BCUT2D eigenvalue weighted by Crippen LogP contribution is 2.34. The van der Waals surface area contributed by atoms with Gasteiger partial charge in [-0.3, -0.25) is 0 Å². The van der Waals surface area contributed by atoms with E-state index in [1.807, 2.05) is 13.8 Å². The second kappa shape index (κ2) is 5.64. The molecule has 1 aliphatic rings. The van der Waals surface area contributed by atoms with Crippen molar-refractivity contribution in [2.24, 2.45) is 17.1 Å². The van der Waals surface area contributed by atoms with E-state index in [0.717, 1.165) is 5.92 Å². The van der Waals surface area contributed by atoms with Crippen molar-refractivity contribution in [1.29, 1.82) is 0 Å². The van der Waals surface area contributed by atoms with Crippen LogP contribution in [0.1, 0.15) is 60.3 Å². The molecule has 2 atom stereocenters. The summed E-state index contributed by atoms with van der Waals surface area (Å²) < 4.78 is 0. The van der Waals surface area contributed by atoms with Gasteiger partial charge in [-0.2, -0.15) is 0 Å². The van der Waals surface area contributed by atoms with Crippen molar-refractivity contribution < 1.29 is 0 Å². The third kappa shape index (κ3) is 5.30. The molecule has 1 aliphatic carbocycles. The van der Waals surface area contributed by atoms with Gasteiger partial charge in [-0.1, -0.05) is 41.0 Å². The minimum absolute atomic E-state index is 0.465. The van der Waals surface area contributed by atoms with Crippen LogP contribution < -0.4 is 5.73 Å². The van der Waals surface area contributed by atoms with E-state index >= 15 is 0 Å². The molecule has 0 aliphatic heterocycles. The molecule has 0 bridgehead atoms. The summed E-state index contributed by atoms with van der Waals surface area (Å²) in [5.74, 6) is 0.801. The van der Waals surface area contributed by atoms with Crippen LogP contribution in [0.4, 0.5) is 0 Å². The molecule has 1 nitrogen and oxygen atoms in total. The summed E-state index contributed by atoms with van der Waals surface area (Å²) in [5.41, 5.74) is 6.45. The monoisotopic (exact) mass is 185 g/mol. The molecule has 80 valence electrons. The van der Waals surface area contributed by atoms with E-state index in [-0.39, 0.29) is 0 Å². The lowest BCUT2D eigenvalue weighted by Gasteiger charge is -2.25. The van der Waals surface area contributed by atoms with Gasteiger partial charge in [-0.25, -0.2) is 0 Å². The van der Waals surface area contributed by atoms with E-state index in [0.29, 0.717) is 11.5 Å². The summed E-state index contributed by atoms with van der Waals surface area (Å²) in [6, 6.07) is 0.495. The van der Waals surface area contributed by atoms with Gasteiger partial charge in [0.2, 0.25) is 0 Å². The first-order valence-electron chi connectivity index (χ1n) is 5.74. The number of rotatable bonds is 1. The first-order valence-corrected chi connectivity index (χ1v) is 5.74. The molecular weight excluding hydrogens is 158 g/mol. The Morgan fingerprint density at radius 3 is 2.00 bits per heavy atom. The Morgan fingerprint density at radius 1 is 1.15 bits per heavy atom. The highest BCUT2D eigenvalue weighted by molar-refractivity contribution is 4.83. The molecule has 1 fully saturated rings. The third-order valence-electron chi connectivity index (χ3n) is 2.59. The molecule has 0 amide bonds. The van der Waals surface area contributed by atoms with E-state index < -0.39 is 0 Å². The Morgan fingerprint density at radius 2 is 1.69 bits per heavy atom. The fourth-order valence-corrected chi connectivity index (χ4v) is 2.11. The first-order chi connectivity index (χ1) is 5.99. The summed E-state index contributed by atoms with van der Waals surface area (Å²) >= 11 is 0. The van der Waals surface area contributed by atoms with Crippen LogP contribution in [0.15, 0.2) is 0 Å². The average molecular weight is 185 g/mol. The Balaban J connectivity index is 0.000000671. The Hall–Kier alpha value is -0.0400. The van der Waals surface area contributed by atoms with Crippen LogP contribution in [-0.2, 0) is 0 Å². The summed E-state index contributed by atoms with van der Waals surface area (Å²) in [6.45, 7) is 10.9. The zero-order valence-electron chi connectivity index (χ0n) is 10.1. The molecule has 0 heterocycles. The van der Waals surface area contributed by atoms with Crippen molar-refractivity contribution in [1.82, 2.24) is 0 Å². The summed E-state index contributed by atoms with van der Waals surface area (Å²) in [6.07, 6.45) is 5.26. The maximum absolute atomic E-state index is 5.99. The van der Waals surface area contributed by atoms with Gasteiger partial charge >= 0.3 is 0 Å². The fourth-order valence-electron chi connectivity index (χ4n) is 2.11. The van der Waals surface area contributed by atoms with Gasteiger partial charge < -0.3 is 5.73 Å². The van der Waals surface area contributed by atoms with Crippen LogP contribution in [0.25, 0.3) is 0 Å². The molecule has 2 N–H and O–H groups in total. The van der Waals surface area contributed by atoms with Crippen molar-refractivity contribution >= 4 is 0 Å². The average Bonchev–Trinajstić information content (AvgIpc) is 2.38. The van der Waals surface area contributed by atoms with Crippen LogP contribution >= 0.6 is 0 Å². The second-order valence-corrected chi connectivity index (χ2v) is 5.12. The lowest BCUT2D eigenvalue weighted by atomic mass is 9.83. The molecule has 0 aromatic heterocycles. The van der Waals surface area contributed by atoms with E-state index in [2.05, 4.69) is 20.8 Å². The third-order valence-corrected chi connectivity index (χ3v) is 2.59. The van der Waals surface area contributed by atoms with Gasteiger partial charge in [-0.05, 0) is 30.6 Å². The molecular formula is C12H27N. The van der Waals surface area contributed by atoms with Crippen LogP contribution in [0.5, 0.6) is 0 Å². The molecule has 13 heavy (non-hydrogen) atoms. The molecule has 1 saturated carbocycles. The number of nitrogens with two attached hydrogens (primary N) is 1. The van der Waals surface area contributed by atoms with Gasteiger partial charge in [0.05, 0.1) is 0 Å². The van der Waals surface area contributed by atoms with E-state index in [1.54, 1.807) is 0 Å². The molecule has 1 heteroatoms. The molecule has 0 radical (unpaired) electrons. The molecule has 1 rings (SSSR count). The Labute approximate surface area is 84.1 Å². The van der Waals surface area contributed by atoms with Crippen LogP contribution in [0.3, 0.4) is 0 Å². The zero-order valence-corrected chi connectivity index (χ0v) is 10.1. The van der Waals surface area contributed by atoms with Crippen molar-refractivity contribution in [3.8, 4) is 0 Å². The first kappa shape index (κ1) is 13.0. The zero-order chi connectivity index (χ0) is 10.5. The number of hydrogen-bond acceptors (Lipinski definition) is 1. The van der Waals surface area contributed by atoms with Gasteiger partial charge in [0, 0.05) is 6.04 Å². The van der Waals surface area contributed by atoms with Crippen molar-refractivity contribution in [2.75, 3.05) is 0 Å². The maximum atomic E-state index is 5.99. The molecule has 0 aromatic carbocycles. The van der Waals surface area contributed by atoms with Crippen molar-refractivity contribution in [3.05, 3.63) is 0 Å². The van der Waals surface area contributed by atoms with E-state index in [1.165, 1.54) is 25.7 Å². The number of hydrogen-bond donors (Lipinski definition) is 1. The van der Waals surface area contributed by atoms with Crippen molar-refractivity contribution in [2.45, 2.75) is 66.3 Å². The predicted octanol–water partition coefficient (Wildman–Crippen LogP) is 3.58. The minimum Gasteiger partial charge on any atom is -0.327 e. The van der Waals surface area contributed by atoms with Gasteiger partial charge in [0.1, 0.15) is 0 Å². The predicted molar refractivity (Wildman–Crippen MR) is 60.7 cm³/mol. The summed E-state index contributed by atoms with van der Waals surface area (Å²) in [7, 11) is 0. The molecule has 0 saturated heterocycles. The van der Waals surface area contributed by atoms with Gasteiger partial charge in [0.15, 0.2) is 0 Å². The second-order valence-electron chi connectivity index (χ2n) is 5.12. The molecule has 0 aromatic rings. The van der Waals surface area contributed by atoms with Crippen LogP contribution in [-0.4, -0.2) is 6.04 Å². The van der Waals surface area contributed by atoms with Crippen LogP contribution in [0, 0.1) is 11.3 Å². The lowest BCUT2D eigenvalue weighted by Crippen LogP contribution is -2.27. The highest BCUT2D eigenvalue weighted by atomic mass is 14.7. The molecule has 0 spiro atoms. The SMILES string of the molecule is CC.CC(C)(C)C[C@@H]1CCC[C@H]1N. The normalized spacial score (nSPS) is 28.2. The standard InChI is InChI=1S/C10H21N.C2H6/c1-10(2,3)7-8-5-4-6-9(8)11;1-2/h8-9H,4-7,11H2,1-3H3;1-2H3/t8-,9+;/m0./s1. The largest absolute Gasteiger partial charge is 0.327 e. The van der Waals surface area contributed by atoms with Gasteiger partial charge in [-0.15, -0.1) is 0 Å². The van der Waals surface area contributed by atoms with E-state index in [9.17, 15) is 0 Å². The highest BCUT2D eigenvalue weighted by Gasteiger charge is 2.27. The maximum Gasteiger partial charge on any atom is 0.00673 e. The molecule has 0 unspecified atom stereocenters. The quantitative estimate of drug-likeness (QED) is 0.664. The lowest BCUT2D eigenvalue weighted by molar-refractivity contribution is 0.280. The fraction of sp³-hybridized carbons (Fsp3) is 1.00. The minimum atomic E-state index is 0.465. The summed E-state index contributed by atoms with van der Waals surface area (Å²) in [4.78, 5) is 0. The van der Waals surface area contributed by atoms with E-state index in [4.69, 9.17) is 5.73 Å². The van der Waals surface area contributed by atoms with Crippen LogP contribution in [0.2, 0.25) is 0 Å². The Kier molecular flexibility index (Phi) is 5.62. The topological polar surface area (TPSA) is 26.0 Å².